The number of aromatic amines is 1. The number of nitrogens with zero attached hydrogens (tertiary/aromatic N) is 3. The fourth-order valence-electron chi connectivity index (χ4n) is 3.21. The highest BCUT2D eigenvalue weighted by Gasteiger charge is 2.26. The number of aromatic nitrogens is 2. The Morgan fingerprint density at radius 3 is 2.92 bits per heavy atom. The Balaban J connectivity index is 1.69. The van der Waals surface area contributed by atoms with Gasteiger partial charge >= 0.3 is 0 Å². The van der Waals surface area contributed by atoms with Crippen LogP contribution >= 0.6 is 15.9 Å². The first-order chi connectivity index (χ1) is 11.5. The Labute approximate surface area is 147 Å². The molecule has 1 saturated heterocycles. The minimum atomic E-state index is -0.266. The number of fused-ring (bicyclic) bond motifs is 3. The number of aliphatic hydroxyl groups excluding tert-OH is 1. The zero-order valence-corrected chi connectivity index (χ0v) is 15.0. The molecule has 0 bridgehead atoms. The van der Waals surface area contributed by atoms with E-state index in [4.69, 9.17) is 4.42 Å². The van der Waals surface area contributed by atoms with Gasteiger partial charge in [-0.25, -0.2) is 4.98 Å². The summed E-state index contributed by atoms with van der Waals surface area (Å²) in [5, 5.41) is 9.85. The minimum Gasteiger partial charge on any atom is -0.511 e. The molecule has 2 aromatic heterocycles. The summed E-state index contributed by atoms with van der Waals surface area (Å²) in [5.74, 6) is 1.38. The Morgan fingerprint density at radius 1 is 1.42 bits per heavy atom. The van der Waals surface area contributed by atoms with Gasteiger partial charge in [0.2, 0.25) is 5.58 Å². The molecule has 7 nitrogen and oxygen atoms in total. The maximum Gasteiger partial charge on any atom is 0.294 e. The van der Waals surface area contributed by atoms with Crippen molar-refractivity contribution in [2.45, 2.75) is 17.8 Å². The molecule has 128 valence electrons. The summed E-state index contributed by atoms with van der Waals surface area (Å²) in [6, 6.07) is 0. The fraction of sp³-hybridized carbons (Fsp3) is 0.500. The summed E-state index contributed by atoms with van der Waals surface area (Å²) in [7, 11) is 2.11. The second kappa shape index (κ2) is 6.02. The van der Waals surface area contributed by atoms with Crippen molar-refractivity contribution in [3.05, 3.63) is 33.3 Å². The van der Waals surface area contributed by atoms with Crippen LogP contribution < -0.4 is 5.56 Å². The van der Waals surface area contributed by atoms with Crippen molar-refractivity contribution in [3.63, 3.8) is 0 Å². The van der Waals surface area contributed by atoms with Crippen LogP contribution in [-0.2, 0) is 13.0 Å². The number of hydrogen-bond acceptors (Lipinski definition) is 6. The molecule has 8 heteroatoms. The van der Waals surface area contributed by atoms with Crippen molar-refractivity contribution in [1.29, 1.82) is 0 Å². The molecule has 1 aliphatic heterocycles. The van der Waals surface area contributed by atoms with Crippen LogP contribution in [0.15, 0.2) is 15.0 Å². The molecule has 3 heterocycles. The lowest BCUT2D eigenvalue weighted by atomic mass is 10.0. The van der Waals surface area contributed by atoms with Crippen molar-refractivity contribution in [2.24, 2.45) is 0 Å². The summed E-state index contributed by atoms with van der Waals surface area (Å²) in [4.78, 5) is 24.2. The second-order valence-electron chi connectivity index (χ2n) is 6.46. The average molecular weight is 395 g/mol. The number of allylic oxidation sites excluding steroid dienone is 1. The molecule has 0 spiro atoms. The van der Waals surface area contributed by atoms with E-state index in [1.165, 1.54) is 0 Å². The van der Waals surface area contributed by atoms with Crippen molar-refractivity contribution in [1.82, 2.24) is 19.8 Å². The number of aliphatic hydroxyl groups is 1. The van der Waals surface area contributed by atoms with Gasteiger partial charge in [0.15, 0.2) is 0 Å². The predicted molar refractivity (Wildman–Crippen MR) is 94.4 cm³/mol. The van der Waals surface area contributed by atoms with Crippen LogP contribution in [0, 0.1) is 0 Å². The highest BCUT2D eigenvalue weighted by atomic mass is 79.9. The van der Waals surface area contributed by atoms with Crippen molar-refractivity contribution in [2.75, 3.05) is 33.2 Å². The Morgan fingerprint density at radius 2 is 2.17 bits per heavy atom. The van der Waals surface area contributed by atoms with Gasteiger partial charge < -0.3 is 19.4 Å². The van der Waals surface area contributed by atoms with Gasteiger partial charge in [0, 0.05) is 37.8 Å². The minimum absolute atomic E-state index is 0.173. The standard InChI is InChI=1S/C16H19BrN4O3/c1-20-2-4-21(5-3-20)8-13-18-14-9-6-10(17)11(22)7-12(9)24-15(14)16(23)19-13/h7,10,22H,2-6,8H2,1H3,(H,18,19,23). The summed E-state index contributed by atoms with van der Waals surface area (Å²) in [6.45, 7) is 4.58. The van der Waals surface area contributed by atoms with Crippen molar-refractivity contribution >= 4 is 33.1 Å². The number of nitrogens with one attached hydrogen (secondary N) is 1. The van der Waals surface area contributed by atoms with E-state index in [0.717, 1.165) is 31.7 Å². The first-order valence-corrected chi connectivity index (χ1v) is 8.93. The summed E-state index contributed by atoms with van der Waals surface area (Å²) < 4.78 is 5.62. The van der Waals surface area contributed by atoms with Crippen LogP contribution in [0.3, 0.4) is 0 Å². The third-order valence-electron chi connectivity index (χ3n) is 4.67. The van der Waals surface area contributed by atoms with Gasteiger partial charge in [0.1, 0.15) is 22.9 Å². The average Bonchev–Trinajstić information content (AvgIpc) is 2.89. The third kappa shape index (κ3) is 2.78. The molecule has 0 amide bonds. The summed E-state index contributed by atoms with van der Waals surface area (Å²) in [6.07, 6.45) is 2.11. The number of likely N-dealkylation sites (N-methyl/N-ethyl adjacent to an activating group) is 1. The quantitative estimate of drug-likeness (QED) is 0.750. The summed E-state index contributed by atoms with van der Waals surface area (Å²) in [5.41, 5.74) is 1.44. The van der Waals surface area contributed by atoms with Crippen LogP contribution in [0.25, 0.3) is 17.2 Å². The molecule has 2 aliphatic rings. The molecule has 2 N–H and O–H groups in total. The lowest BCUT2D eigenvalue weighted by molar-refractivity contribution is 0.145. The van der Waals surface area contributed by atoms with Crippen LogP contribution in [0.4, 0.5) is 0 Å². The van der Waals surface area contributed by atoms with E-state index >= 15 is 0 Å². The zero-order valence-electron chi connectivity index (χ0n) is 13.4. The molecule has 1 unspecified atom stereocenters. The normalized spacial score (nSPS) is 22.6. The first-order valence-electron chi connectivity index (χ1n) is 8.01. The van der Waals surface area contributed by atoms with E-state index < -0.39 is 0 Å². The van der Waals surface area contributed by atoms with Gasteiger partial charge in [-0.1, -0.05) is 15.9 Å². The van der Waals surface area contributed by atoms with Crippen molar-refractivity contribution < 1.29 is 9.52 Å². The molecule has 1 aliphatic carbocycles. The number of furan rings is 1. The second-order valence-corrected chi connectivity index (χ2v) is 7.56. The third-order valence-corrected chi connectivity index (χ3v) is 5.47. The highest BCUT2D eigenvalue weighted by molar-refractivity contribution is 9.09. The Hall–Kier alpha value is -1.64. The van der Waals surface area contributed by atoms with Gasteiger partial charge in [-0.05, 0) is 13.5 Å². The molecule has 1 fully saturated rings. The van der Waals surface area contributed by atoms with Crippen LogP contribution in [0.1, 0.15) is 17.1 Å². The topological polar surface area (TPSA) is 85.6 Å². The van der Waals surface area contributed by atoms with E-state index in [-0.39, 0.29) is 21.7 Å². The lowest BCUT2D eigenvalue weighted by Crippen LogP contribution is -2.44. The molecule has 24 heavy (non-hydrogen) atoms. The molecule has 1 atom stereocenters. The number of rotatable bonds is 2. The smallest absolute Gasteiger partial charge is 0.294 e. The molecule has 2 aromatic rings. The van der Waals surface area contributed by atoms with E-state index in [2.05, 4.69) is 42.7 Å². The zero-order chi connectivity index (χ0) is 16.8. The maximum atomic E-state index is 12.4. The molecular formula is C16H19BrN4O3. The predicted octanol–water partition coefficient (Wildman–Crippen LogP) is 1.48. The van der Waals surface area contributed by atoms with Gasteiger partial charge in [0.05, 0.1) is 11.4 Å². The highest BCUT2D eigenvalue weighted by Crippen LogP contribution is 2.33. The molecule has 4 rings (SSSR count). The van der Waals surface area contributed by atoms with Crippen LogP contribution in [-0.4, -0.2) is 62.9 Å². The van der Waals surface area contributed by atoms with E-state index in [1.54, 1.807) is 6.08 Å². The number of halogens is 1. The van der Waals surface area contributed by atoms with Crippen LogP contribution in [0.2, 0.25) is 0 Å². The van der Waals surface area contributed by atoms with Crippen molar-refractivity contribution in [3.8, 4) is 0 Å². The number of hydrogen-bond donors (Lipinski definition) is 2. The molecule has 0 radical (unpaired) electrons. The maximum absolute atomic E-state index is 12.4. The first kappa shape index (κ1) is 15.9. The molecule has 0 aromatic carbocycles. The van der Waals surface area contributed by atoms with Gasteiger partial charge in [-0.15, -0.1) is 0 Å². The van der Waals surface area contributed by atoms with Gasteiger partial charge in [0.25, 0.3) is 5.56 Å². The molecule has 0 saturated carbocycles. The number of H-pyrrole nitrogens is 1. The SMILES string of the molecule is CN1CCN(Cc2nc3c4c(oc3c(=O)[nH]2)C=C(O)C(Br)C4)CC1. The Bertz CT molecular complexity index is 864. The fourth-order valence-corrected chi connectivity index (χ4v) is 3.67. The van der Waals surface area contributed by atoms with Gasteiger partial charge in [-0.3, -0.25) is 9.69 Å². The Kier molecular flexibility index (Phi) is 3.98. The van der Waals surface area contributed by atoms with Gasteiger partial charge in [-0.2, -0.15) is 0 Å². The largest absolute Gasteiger partial charge is 0.511 e. The number of piperazine rings is 1. The lowest BCUT2D eigenvalue weighted by Gasteiger charge is -2.31. The summed E-state index contributed by atoms with van der Waals surface area (Å²) >= 11 is 3.43. The van der Waals surface area contributed by atoms with E-state index in [1.807, 2.05) is 0 Å². The van der Waals surface area contributed by atoms with E-state index in [9.17, 15) is 9.90 Å². The monoisotopic (exact) mass is 394 g/mol. The molecular weight excluding hydrogens is 376 g/mol. The number of alkyl halides is 1. The van der Waals surface area contributed by atoms with E-state index in [0.29, 0.717) is 30.1 Å². The van der Waals surface area contributed by atoms with Crippen LogP contribution in [0.5, 0.6) is 0 Å².